The number of hydrogen-bond donors (Lipinski definition) is 4. The highest BCUT2D eigenvalue weighted by atomic mass is 33.1. The van der Waals surface area contributed by atoms with Crippen molar-refractivity contribution in [2.75, 3.05) is 0 Å². The molecule has 12 heavy (non-hydrogen) atoms. The number of aliphatic hydroxyl groups is 2. The van der Waals surface area contributed by atoms with Gasteiger partial charge in [-0.25, -0.2) is 9.59 Å². The van der Waals surface area contributed by atoms with Crippen LogP contribution < -0.4 is 0 Å². The van der Waals surface area contributed by atoms with Crippen LogP contribution in [-0.4, -0.2) is 43.2 Å². The van der Waals surface area contributed by atoms with E-state index in [0.29, 0.717) is 21.6 Å². The van der Waals surface area contributed by atoms with Gasteiger partial charge in [0.15, 0.2) is 0 Å². The first-order chi connectivity index (χ1) is 5.45. The molecule has 0 radical (unpaired) electrons. The van der Waals surface area contributed by atoms with E-state index in [1.165, 1.54) is 0 Å². The monoisotopic (exact) mass is 214 g/mol. The van der Waals surface area contributed by atoms with Gasteiger partial charge in [0.25, 0.3) is 0 Å². The third-order valence-electron chi connectivity index (χ3n) is 0.660. The summed E-state index contributed by atoms with van der Waals surface area (Å²) in [6.07, 6.45) is 0. The zero-order chi connectivity index (χ0) is 9.72. The maximum absolute atomic E-state index is 9.97. The zero-order valence-electron chi connectivity index (χ0n) is 5.58. The molecule has 0 rings (SSSR count). The molecular formula is C4H6O6S2. The normalized spacial score (nSPS) is 15.2. The van der Waals surface area contributed by atoms with E-state index >= 15 is 0 Å². The first-order valence-electron chi connectivity index (χ1n) is 2.59. The lowest BCUT2D eigenvalue weighted by atomic mass is 10.7. The van der Waals surface area contributed by atoms with Crippen molar-refractivity contribution in [3.63, 3.8) is 0 Å². The third-order valence-corrected chi connectivity index (χ3v) is 2.97. The molecule has 0 aromatic carbocycles. The number of carboxylic acids is 2. The summed E-state index contributed by atoms with van der Waals surface area (Å²) >= 11 is 0. The number of aliphatic hydroxyl groups excluding tert-OH is 2. The molecular weight excluding hydrogens is 208 g/mol. The van der Waals surface area contributed by atoms with E-state index in [2.05, 4.69) is 0 Å². The van der Waals surface area contributed by atoms with E-state index in [4.69, 9.17) is 20.4 Å². The van der Waals surface area contributed by atoms with Crippen molar-refractivity contribution in [1.82, 2.24) is 0 Å². The number of carbonyl (C=O) groups is 2. The van der Waals surface area contributed by atoms with Gasteiger partial charge < -0.3 is 20.4 Å². The minimum absolute atomic E-state index is 0.363. The molecule has 0 bridgehead atoms. The van der Waals surface area contributed by atoms with Crippen LogP contribution in [0.3, 0.4) is 0 Å². The average Bonchev–Trinajstić information content (AvgIpc) is 1.98. The number of aliphatic carboxylic acids is 2. The van der Waals surface area contributed by atoms with E-state index in [1.54, 1.807) is 0 Å². The standard InChI is InChI=1S/C4H6O6S2/c5-1(6)3(9)11-12-4(10)2(7)8/h3-4,9-10H,(H,5,6)(H,7,8)/t3-,4+. The predicted octanol–water partition coefficient (Wildman–Crippen LogP) is -0.826. The maximum Gasteiger partial charge on any atom is 0.344 e. The van der Waals surface area contributed by atoms with Crippen LogP contribution in [0.25, 0.3) is 0 Å². The van der Waals surface area contributed by atoms with Gasteiger partial charge in [-0.15, -0.1) is 0 Å². The summed E-state index contributed by atoms with van der Waals surface area (Å²) < 4.78 is 0. The van der Waals surface area contributed by atoms with Gasteiger partial charge in [0.2, 0.25) is 10.9 Å². The van der Waals surface area contributed by atoms with Crippen molar-refractivity contribution in [1.29, 1.82) is 0 Å². The van der Waals surface area contributed by atoms with Crippen molar-refractivity contribution in [2.45, 2.75) is 10.9 Å². The molecule has 6 nitrogen and oxygen atoms in total. The summed E-state index contributed by atoms with van der Waals surface area (Å²) in [7, 11) is 0.726. The molecule has 0 aromatic heterocycles. The Morgan fingerprint density at radius 2 is 1.17 bits per heavy atom. The van der Waals surface area contributed by atoms with E-state index in [9.17, 15) is 9.59 Å². The maximum atomic E-state index is 9.97. The van der Waals surface area contributed by atoms with Gasteiger partial charge in [0.05, 0.1) is 0 Å². The third kappa shape index (κ3) is 4.44. The van der Waals surface area contributed by atoms with Crippen LogP contribution in [0, 0.1) is 0 Å². The highest BCUT2D eigenvalue weighted by Crippen LogP contribution is 2.28. The fourth-order valence-corrected chi connectivity index (χ4v) is 1.69. The van der Waals surface area contributed by atoms with Crippen LogP contribution in [0.2, 0.25) is 0 Å². The molecule has 4 N–H and O–H groups in total. The molecule has 70 valence electrons. The molecule has 0 unspecified atom stereocenters. The molecule has 0 saturated heterocycles. The van der Waals surface area contributed by atoms with Gasteiger partial charge >= 0.3 is 11.9 Å². The Kier molecular flexibility index (Phi) is 5.06. The number of carboxylic acid groups (broad SMARTS) is 2. The molecule has 0 aliphatic heterocycles. The highest BCUT2D eigenvalue weighted by Gasteiger charge is 2.20. The first-order valence-corrected chi connectivity index (χ1v) is 4.86. The minimum Gasteiger partial charge on any atom is -0.479 e. The van der Waals surface area contributed by atoms with Gasteiger partial charge in [0.1, 0.15) is 0 Å². The first kappa shape index (κ1) is 11.6. The second-order valence-corrected chi connectivity index (χ2v) is 4.01. The summed E-state index contributed by atoms with van der Waals surface area (Å²) in [6, 6.07) is 0. The lowest BCUT2D eigenvalue weighted by molar-refractivity contribution is -0.142. The molecule has 0 saturated carbocycles. The fourth-order valence-electron chi connectivity index (χ4n) is 0.188. The van der Waals surface area contributed by atoms with Gasteiger partial charge in [-0.05, 0) is 21.6 Å². The number of rotatable bonds is 5. The molecule has 0 spiro atoms. The van der Waals surface area contributed by atoms with Crippen molar-refractivity contribution in [3.8, 4) is 0 Å². The minimum atomic E-state index is -1.73. The summed E-state index contributed by atoms with van der Waals surface area (Å²) in [5.74, 6) is -2.96. The van der Waals surface area contributed by atoms with Crippen LogP contribution in [-0.2, 0) is 9.59 Å². The summed E-state index contributed by atoms with van der Waals surface area (Å²) in [4.78, 5) is 19.9. The molecule has 0 heterocycles. The Morgan fingerprint density at radius 1 is 0.917 bits per heavy atom. The average molecular weight is 214 g/mol. The molecule has 0 aliphatic carbocycles. The second-order valence-electron chi connectivity index (χ2n) is 1.57. The smallest absolute Gasteiger partial charge is 0.344 e. The molecule has 8 heteroatoms. The summed E-state index contributed by atoms with van der Waals surface area (Å²) in [6.45, 7) is 0. The lowest BCUT2D eigenvalue weighted by Gasteiger charge is -2.05. The van der Waals surface area contributed by atoms with Gasteiger partial charge in [-0.2, -0.15) is 0 Å². The molecule has 0 fully saturated rings. The Hall–Kier alpha value is -0.440. The van der Waals surface area contributed by atoms with Gasteiger partial charge in [0, 0.05) is 0 Å². The van der Waals surface area contributed by atoms with Crippen LogP contribution >= 0.6 is 21.6 Å². The quantitative estimate of drug-likeness (QED) is 0.346. The van der Waals surface area contributed by atoms with E-state index in [1.807, 2.05) is 0 Å². The predicted molar refractivity (Wildman–Crippen MR) is 42.5 cm³/mol. The van der Waals surface area contributed by atoms with Crippen molar-refractivity contribution >= 4 is 33.5 Å². The number of hydrogen-bond acceptors (Lipinski definition) is 6. The van der Waals surface area contributed by atoms with Crippen LogP contribution in [0.5, 0.6) is 0 Å². The molecule has 0 amide bonds. The summed E-state index contributed by atoms with van der Waals surface area (Å²) in [5, 5.41) is 33.4. The lowest BCUT2D eigenvalue weighted by Crippen LogP contribution is -2.17. The largest absolute Gasteiger partial charge is 0.479 e. The summed E-state index contributed by atoms with van der Waals surface area (Å²) in [5.41, 5.74) is -3.46. The van der Waals surface area contributed by atoms with E-state index in [-0.39, 0.29) is 0 Å². The topological polar surface area (TPSA) is 115 Å². The Balaban J connectivity index is 3.68. The molecule has 0 aromatic rings. The Labute approximate surface area is 75.0 Å². The van der Waals surface area contributed by atoms with Crippen molar-refractivity contribution < 1.29 is 30.0 Å². The zero-order valence-corrected chi connectivity index (χ0v) is 7.21. The van der Waals surface area contributed by atoms with Crippen LogP contribution in [0.4, 0.5) is 0 Å². The van der Waals surface area contributed by atoms with Gasteiger partial charge in [-0.3, -0.25) is 0 Å². The highest BCUT2D eigenvalue weighted by molar-refractivity contribution is 8.77. The van der Waals surface area contributed by atoms with Crippen molar-refractivity contribution in [2.24, 2.45) is 0 Å². The van der Waals surface area contributed by atoms with Crippen LogP contribution in [0.15, 0.2) is 0 Å². The van der Waals surface area contributed by atoms with Crippen LogP contribution in [0.1, 0.15) is 0 Å². The molecule has 0 aliphatic rings. The SMILES string of the molecule is O=C(O)[C@H](O)SS[C@H](O)C(=O)O. The molecule has 2 atom stereocenters. The second kappa shape index (κ2) is 5.25. The van der Waals surface area contributed by atoms with Crippen molar-refractivity contribution in [3.05, 3.63) is 0 Å². The fraction of sp³-hybridized carbons (Fsp3) is 0.500. The van der Waals surface area contributed by atoms with E-state index in [0.717, 1.165) is 0 Å². The Morgan fingerprint density at radius 3 is 1.33 bits per heavy atom. The Bertz CT molecular complexity index is 162. The van der Waals surface area contributed by atoms with Gasteiger partial charge in [-0.1, -0.05) is 0 Å². The van der Waals surface area contributed by atoms with E-state index < -0.39 is 22.8 Å².